The Balaban J connectivity index is 2.28. The summed E-state index contributed by atoms with van der Waals surface area (Å²) in [7, 11) is -0.325. The number of methoxy groups -OCH3 is 1. The SMILES string of the molecule is COc1ccc(CS(=O)c2c(F)cc(N)cc2F)cc1Br. The fourth-order valence-corrected chi connectivity index (χ4v) is 3.59. The van der Waals surface area contributed by atoms with Gasteiger partial charge in [-0.15, -0.1) is 0 Å². The molecular formula is C14H12BrF2NO2S. The molecule has 2 aromatic carbocycles. The number of hydrogen-bond acceptors (Lipinski definition) is 3. The number of hydrogen-bond donors (Lipinski definition) is 1. The maximum absolute atomic E-state index is 13.7. The first-order valence-corrected chi connectivity index (χ1v) is 7.99. The van der Waals surface area contributed by atoms with Crippen molar-refractivity contribution in [1.82, 2.24) is 0 Å². The van der Waals surface area contributed by atoms with Crippen LogP contribution in [0.15, 0.2) is 39.7 Å². The van der Waals surface area contributed by atoms with Crippen molar-refractivity contribution >= 4 is 32.4 Å². The van der Waals surface area contributed by atoms with E-state index in [2.05, 4.69) is 15.9 Å². The molecule has 1 atom stereocenters. The molecular weight excluding hydrogens is 364 g/mol. The number of rotatable bonds is 4. The molecule has 112 valence electrons. The summed E-state index contributed by atoms with van der Waals surface area (Å²) in [4.78, 5) is -0.462. The molecule has 2 rings (SSSR count). The lowest BCUT2D eigenvalue weighted by atomic mass is 10.2. The molecule has 3 nitrogen and oxygen atoms in total. The molecule has 0 aliphatic rings. The highest BCUT2D eigenvalue weighted by atomic mass is 79.9. The van der Waals surface area contributed by atoms with Crippen LogP contribution in [-0.2, 0) is 16.6 Å². The fraction of sp³-hybridized carbons (Fsp3) is 0.143. The number of ether oxygens (including phenoxy) is 1. The van der Waals surface area contributed by atoms with Crippen LogP contribution in [-0.4, -0.2) is 11.3 Å². The van der Waals surface area contributed by atoms with Crippen molar-refractivity contribution in [1.29, 1.82) is 0 Å². The van der Waals surface area contributed by atoms with E-state index >= 15 is 0 Å². The molecule has 0 aliphatic heterocycles. The summed E-state index contributed by atoms with van der Waals surface area (Å²) >= 11 is 3.30. The number of nitrogen functional groups attached to an aromatic ring is 1. The molecule has 0 aliphatic carbocycles. The third kappa shape index (κ3) is 3.59. The summed E-state index contributed by atoms with van der Waals surface area (Å²) in [6, 6.07) is 6.99. The Hall–Kier alpha value is -1.47. The van der Waals surface area contributed by atoms with Gasteiger partial charge in [-0.25, -0.2) is 8.78 Å². The molecule has 0 radical (unpaired) electrons. The van der Waals surface area contributed by atoms with E-state index in [4.69, 9.17) is 10.5 Å². The highest BCUT2D eigenvalue weighted by Crippen LogP contribution is 2.28. The Morgan fingerprint density at radius 1 is 1.24 bits per heavy atom. The molecule has 0 fully saturated rings. The average molecular weight is 376 g/mol. The van der Waals surface area contributed by atoms with Gasteiger partial charge in [0, 0.05) is 5.69 Å². The highest BCUT2D eigenvalue weighted by molar-refractivity contribution is 9.10. The van der Waals surface area contributed by atoms with Crippen LogP contribution in [0.5, 0.6) is 5.75 Å². The monoisotopic (exact) mass is 375 g/mol. The van der Waals surface area contributed by atoms with Crippen molar-refractivity contribution in [3.05, 3.63) is 52.0 Å². The van der Waals surface area contributed by atoms with Crippen molar-refractivity contribution in [2.24, 2.45) is 0 Å². The Kier molecular flexibility index (Phi) is 4.95. The first kappa shape index (κ1) is 15.9. The van der Waals surface area contributed by atoms with E-state index in [1.807, 2.05) is 0 Å². The first-order valence-electron chi connectivity index (χ1n) is 5.87. The molecule has 2 N–H and O–H groups in total. The Morgan fingerprint density at radius 2 is 1.86 bits per heavy atom. The summed E-state index contributed by atoms with van der Waals surface area (Å²) in [5, 5.41) is 0. The number of benzene rings is 2. The zero-order valence-corrected chi connectivity index (χ0v) is 13.4. The largest absolute Gasteiger partial charge is 0.496 e. The topological polar surface area (TPSA) is 52.3 Å². The second-order valence-electron chi connectivity index (χ2n) is 4.27. The van der Waals surface area contributed by atoms with E-state index in [1.54, 1.807) is 18.2 Å². The van der Waals surface area contributed by atoms with Gasteiger partial charge in [0.2, 0.25) is 0 Å². The molecule has 7 heteroatoms. The lowest BCUT2D eigenvalue weighted by molar-refractivity contribution is 0.412. The van der Waals surface area contributed by atoms with E-state index < -0.39 is 27.3 Å². The standard InChI is InChI=1S/C14H12BrF2NO2S/c1-20-13-3-2-8(4-10(13)15)7-21(19)14-11(16)5-9(18)6-12(14)17/h2-6H,7,18H2,1H3. The molecule has 0 amide bonds. The molecule has 0 saturated heterocycles. The molecule has 1 unspecified atom stereocenters. The zero-order chi connectivity index (χ0) is 15.6. The van der Waals surface area contributed by atoms with E-state index in [-0.39, 0.29) is 11.4 Å². The van der Waals surface area contributed by atoms with Crippen LogP contribution in [0.4, 0.5) is 14.5 Å². The maximum atomic E-state index is 13.7. The molecule has 0 bridgehead atoms. The second kappa shape index (κ2) is 6.53. The minimum atomic E-state index is -1.85. The average Bonchev–Trinajstić information content (AvgIpc) is 2.37. The predicted octanol–water partition coefficient (Wildman–Crippen LogP) is 3.63. The predicted molar refractivity (Wildman–Crippen MR) is 81.6 cm³/mol. The molecule has 0 heterocycles. The summed E-state index contributed by atoms with van der Waals surface area (Å²) in [5.74, 6) is -1.20. The van der Waals surface area contributed by atoms with Gasteiger partial charge in [0.25, 0.3) is 0 Å². The van der Waals surface area contributed by atoms with Gasteiger partial charge in [-0.1, -0.05) is 6.07 Å². The van der Waals surface area contributed by atoms with Crippen LogP contribution in [0.25, 0.3) is 0 Å². The number of halogens is 3. The maximum Gasteiger partial charge on any atom is 0.144 e. The lowest BCUT2D eigenvalue weighted by Gasteiger charge is -2.08. The number of nitrogens with two attached hydrogens (primary N) is 1. The summed E-state index contributed by atoms with van der Waals surface area (Å²) in [5.41, 5.74) is 5.95. The summed E-state index contributed by atoms with van der Waals surface area (Å²) < 4.78 is 45.4. The summed E-state index contributed by atoms with van der Waals surface area (Å²) in [6.45, 7) is 0. The lowest BCUT2D eigenvalue weighted by Crippen LogP contribution is -2.04. The van der Waals surface area contributed by atoms with Gasteiger partial charge < -0.3 is 10.5 Å². The van der Waals surface area contributed by atoms with Crippen molar-refractivity contribution in [3.63, 3.8) is 0 Å². The van der Waals surface area contributed by atoms with E-state index in [9.17, 15) is 13.0 Å². The van der Waals surface area contributed by atoms with Gasteiger partial charge in [0.05, 0.1) is 28.1 Å². The van der Waals surface area contributed by atoms with Crippen LogP contribution < -0.4 is 10.5 Å². The summed E-state index contributed by atoms with van der Waals surface area (Å²) in [6.07, 6.45) is 0. The number of anilines is 1. The minimum Gasteiger partial charge on any atom is -0.496 e. The third-order valence-electron chi connectivity index (χ3n) is 2.76. The van der Waals surface area contributed by atoms with Crippen molar-refractivity contribution in [3.8, 4) is 5.75 Å². The van der Waals surface area contributed by atoms with Gasteiger partial charge in [0.1, 0.15) is 22.3 Å². The minimum absolute atomic E-state index is 0.0135. The second-order valence-corrected chi connectivity index (χ2v) is 6.51. The van der Waals surface area contributed by atoms with Crippen molar-refractivity contribution in [2.75, 3.05) is 12.8 Å². The third-order valence-corrected chi connectivity index (χ3v) is 4.82. The molecule has 0 aromatic heterocycles. The molecule has 2 aromatic rings. The molecule has 21 heavy (non-hydrogen) atoms. The van der Waals surface area contributed by atoms with Gasteiger partial charge in [0.15, 0.2) is 0 Å². The smallest absolute Gasteiger partial charge is 0.144 e. The van der Waals surface area contributed by atoms with Crippen molar-refractivity contribution < 1.29 is 17.7 Å². The zero-order valence-electron chi connectivity index (χ0n) is 11.0. The van der Waals surface area contributed by atoms with E-state index in [1.165, 1.54) is 7.11 Å². The van der Waals surface area contributed by atoms with Crippen LogP contribution in [0.2, 0.25) is 0 Å². The normalized spacial score (nSPS) is 12.2. The van der Waals surface area contributed by atoms with Crippen LogP contribution >= 0.6 is 15.9 Å². The van der Waals surface area contributed by atoms with E-state index in [0.29, 0.717) is 15.8 Å². The first-order chi connectivity index (χ1) is 9.92. The Bertz CT molecular complexity index is 686. The fourth-order valence-electron chi connectivity index (χ4n) is 1.82. The quantitative estimate of drug-likeness (QED) is 0.830. The molecule has 0 spiro atoms. The van der Waals surface area contributed by atoms with Crippen molar-refractivity contribution in [2.45, 2.75) is 10.6 Å². The van der Waals surface area contributed by atoms with Crippen LogP contribution in [0, 0.1) is 11.6 Å². The van der Waals surface area contributed by atoms with Gasteiger partial charge in [-0.05, 0) is 45.8 Å². The Morgan fingerprint density at radius 3 is 2.38 bits per heavy atom. The van der Waals surface area contributed by atoms with Gasteiger partial charge >= 0.3 is 0 Å². The van der Waals surface area contributed by atoms with E-state index in [0.717, 1.165) is 12.1 Å². The van der Waals surface area contributed by atoms with Gasteiger partial charge in [-0.2, -0.15) is 0 Å². The van der Waals surface area contributed by atoms with Crippen LogP contribution in [0.3, 0.4) is 0 Å². The highest BCUT2D eigenvalue weighted by Gasteiger charge is 2.17. The van der Waals surface area contributed by atoms with Gasteiger partial charge in [-0.3, -0.25) is 4.21 Å². The van der Waals surface area contributed by atoms with Crippen LogP contribution in [0.1, 0.15) is 5.56 Å². The Labute approximate surface area is 131 Å². The molecule has 0 saturated carbocycles.